The van der Waals surface area contributed by atoms with E-state index in [1.165, 1.54) is 6.20 Å². The second kappa shape index (κ2) is 11.2. The Kier molecular flexibility index (Phi) is 8.29. The fraction of sp³-hybridized carbons (Fsp3) is 0.500. The number of rotatable bonds is 8. The Bertz CT molecular complexity index is 1110. The minimum Gasteiger partial charge on any atom is -0.487 e. The fourth-order valence-electron chi connectivity index (χ4n) is 3.79. The number of hydrogen-bond acceptors (Lipinski definition) is 8. The molecule has 3 rings (SSSR count). The summed E-state index contributed by atoms with van der Waals surface area (Å²) in [5, 5.41) is 14.0. The SMILES string of the molecule is C[C@@H](CN(C)CCC(=O)N1CCN(c2ccc(C#N)cn2)CC1)Oc1cn[nH]c(=O)c1C(F)(F)F. The number of aromatic nitrogens is 3. The zero-order valence-electron chi connectivity index (χ0n) is 19.4. The predicted molar refractivity (Wildman–Crippen MR) is 120 cm³/mol. The quantitative estimate of drug-likeness (QED) is 0.588. The highest BCUT2D eigenvalue weighted by atomic mass is 19.4. The third-order valence-corrected chi connectivity index (χ3v) is 5.54. The van der Waals surface area contributed by atoms with Crippen molar-refractivity contribution in [3.05, 3.63) is 46.0 Å². The van der Waals surface area contributed by atoms with Crippen molar-refractivity contribution in [3.8, 4) is 11.8 Å². The molecule has 13 heteroatoms. The van der Waals surface area contributed by atoms with Crippen LogP contribution in [0.15, 0.2) is 29.3 Å². The van der Waals surface area contributed by atoms with Gasteiger partial charge in [-0.2, -0.15) is 23.5 Å². The molecular formula is C22H26F3N7O3. The van der Waals surface area contributed by atoms with E-state index in [0.29, 0.717) is 38.3 Å². The van der Waals surface area contributed by atoms with Crippen LogP contribution in [0.5, 0.6) is 5.75 Å². The summed E-state index contributed by atoms with van der Waals surface area (Å²) < 4.78 is 44.8. The van der Waals surface area contributed by atoms with E-state index in [9.17, 15) is 22.8 Å². The molecule has 10 nitrogen and oxygen atoms in total. The zero-order chi connectivity index (χ0) is 25.6. The molecule has 1 aliphatic heterocycles. The number of anilines is 1. The minimum atomic E-state index is -4.87. The van der Waals surface area contributed by atoms with E-state index < -0.39 is 29.2 Å². The summed E-state index contributed by atoms with van der Waals surface area (Å²) in [6, 6.07) is 5.52. The number of H-pyrrole nitrogens is 1. The van der Waals surface area contributed by atoms with Gasteiger partial charge in [0, 0.05) is 51.9 Å². The highest BCUT2D eigenvalue weighted by Crippen LogP contribution is 2.33. The van der Waals surface area contributed by atoms with Gasteiger partial charge in [0.1, 0.15) is 18.0 Å². The van der Waals surface area contributed by atoms with Crippen LogP contribution in [0.25, 0.3) is 0 Å². The van der Waals surface area contributed by atoms with Gasteiger partial charge < -0.3 is 19.4 Å². The Labute approximate surface area is 199 Å². The van der Waals surface area contributed by atoms with Gasteiger partial charge in [-0.25, -0.2) is 10.1 Å². The van der Waals surface area contributed by atoms with Crippen molar-refractivity contribution in [1.29, 1.82) is 5.26 Å². The first-order valence-electron chi connectivity index (χ1n) is 11.0. The van der Waals surface area contributed by atoms with Crippen LogP contribution in [-0.4, -0.2) is 83.3 Å². The number of pyridine rings is 1. The number of nitrogens with zero attached hydrogens (tertiary/aromatic N) is 6. The normalized spacial score (nSPS) is 15.1. The van der Waals surface area contributed by atoms with Gasteiger partial charge in [-0.1, -0.05) is 0 Å². The number of likely N-dealkylation sites (N-methyl/N-ethyl adjacent to an activating group) is 1. The molecule has 0 radical (unpaired) electrons. The first-order chi connectivity index (χ1) is 16.6. The van der Waals surface area contributed by atoms with Crippen molar-refractivity contribution in [3.63, 3.8) is 0 Å². The molecule has 188 valence electrons. The lowest BCUT2D eigenvalue weighted by atomic mass is 10.2. The van der Waals surface area contributed by atoms with E-state index >= 15 is 0 Å². The van der Waals surface area contributed by atoms with Crippen molar-refractivity contribution in [1.82, 2.24) is 25.0 Å². The number of hydrogen-bond donors (Lipinski definition) is 1. The number of nitrogens with one attached hydrogen (secondary N) is 1. The monoisotopic (exact) mass is 493 g/mol. The summed E-state index contributed by atoms with van der Waals surface area (Å²) in [6.45, 7) is 4.54. The summed E-state index contributed by atoms with van der Waals surface area (Å²) in [4.78, 5) is 34.1. The largest absolute Gasteiger partial charge is 0.487 e. The van der Waals surface area contributed by atoms with Crippen LogP contribution in [0.2, 0.25) is 0 Å². The second-order valence-electron chi connectivity index (χ2n) is 8.26. The molecular weight excluding hydrogens is 467 g/mol. The Balaban J connectivity index is 1.44. The maximum Gasteiger partial charge on any atom is 0.425 e. The Hall–Kier alpha value is -3.66. The first-order valence-corrected chi connectivity index (χ1v) is 11.0. The number of carbonyl (C=O) groups excluding carboxylic acids is 1. The second-order valence-corrected chi connectivity index (χ2v) is 8.26. The summed E-state index contributed by atoms with van der Waals surface area (Å²) in [5.74, 6) is 0.109. The first kappa shape index (κ1) is 26.0. The number of carbonyl (C=O) groups is 1. The molecule has 0 aliphatic carbocycles. The molecule has 0 bridgehead atoms. The van der Waals surface area contributed by atoms with Gasteiger partial charge in [0.2, 0.25) is 5.91 Å². The summed E-state index contributed by atoms with van der Waals surface area (Å²) >= 11 is 0. The van der Waals surface area contributed by atoms with Gasteiger partial charge >= 0.3 is 6.18 Å². The predicted octanol–water partition coefficient (Wildman–Crippen LogP) is 1.49. The maximum absolute atomic E-state index is 13.2. The highest BCUT2D eigenvalue weighted by Gasteiger charge is 2.38. The van der Waals surface area contributed by atoms with E-state index in [4.69, 9.17) is 10.00 Å². The summed E-state index contributed by atoms with van der Waals surface area (Å²) in [5.41, 5.74) is -2.30. The summed E-state index contributed by atoms with van der Waals surface area (Å²) in [6.07, 6.45) is -2.95. The third kappa shape index (κ3) is 6.92. The van der Waals surface area contributed by atoms with E-state index in [0.717, 1.165) is 12.0 Å². The highest BCUT2D eigenvalue weighted by molar-refractivity contribution is 5.76. The molecule has 1 aliphatic rings. The smallest absolute Gasteiger partial charge is 0.425 e. The number of amides is 1. The number of piperazine rings is 1. The molecule has 2 aromatic heterocycles. The average molecular weight is 493 g/mol. The van der Waals surface area contributed by atoms with Gasteiger partial charge in [-0.05, 0) is 26.1 Å². The standard InChI is InChI=1S/C22H26F3N7O3/c1-15(35-17-13-28-29-21(34)20(17)22(23,24)25)14-30(2)6-5-19(33)32-9-7-31(8-10-32)18-4-3-16(11-26)12-27-18/h3-4,12-13,15H,5-10,14H2,1-2H3,(H,29,34)/t15-/m0/s1. The molecule has 1 N–H and O–H groups in total. The molecule has 1 fully saturated rings. The fourth-order valence-corrected chi connectivity index (χ4v) is 3.79. The van der Waals surface area contributed by atoms with Gasteiger partial charge in [-0.3, -0.25) is 9.59 Å². The maximum atomic E-state index is 13.2. The number of halogens is 3. The number of alkyl halides is 3. The lowest BCUT2D eigenvalue weighted by molar-refractivity contribution is -0.140. The third-order valence-electron chi connectivity index (χ3n) is 5.54. The van der Waals surface area contributed by atoms with Crippen LogP contribution in [0, 0.1) is 11.3 Å². The molecule has 1 atom stereocenters. The van der Waals surface area contributed by atoms with Gasteiger partial charge in [0.05, 0.1) is 11.8 Å². The van der Waals surface area contributed by atoms with Crippen molar-refractivity contribution < 1.29 is 22.7 Å². The van der Waals surface area contributed by atoms with E-state index in [1.54, 1.807) is 41.0 Å². The van der Waals surface area contributed by atoms with Crippen molar-refractivity contribution in [2.75, 3.05) is 51.2 Å². The molecule has 0 unspecified atom stereocenters. The van der Waals surface area contributed by atoms with Crippen LogP contribution in [0.4, 0.5) is 19.0 Å². The van der Waals surface area contributed by atoms with Gasteiger partial charge in [0.25, 0.3) is 5.56 Å². The molecule has 1 amide bonds. The summed E-state index contributed by atoms with van der Waals surface area (Å²) in [7, 11) is 1.74. The Morgan fingerprint density at radius 1 is 1.29 bits per heavy atom. The van der Waals surface area contributed by atoms with Crippen LogP contribution >= 0.6 is 0 Å². The topological polar surface area (TPSA) is 118 Å². The van der Waals surface area contributed by atoms with Crippen LogP contribution in [-0.2, 0) is 11.0 Å². The molecule has 1 saturated heterocycles. The number of aromatic amines is 1. The Morgan fingerprint density at radius 3 is 2.60 bits per heavy atom. The lowest BCUT2D eigenvalue weighted by Crippen LogP contribution is -2.49. The molecule has 0 saturated carbocycles. The number of ether oxygens (including phenoxy) is 1. The van der Waals surface area contributed by atoms with E-state index in [2.05, 4.69) is 15.0 Å². The molecule has 0 spiro atoms. The van der Waals surface area contributed by atoms with Crippen molar-refractivity contribution in [2.24, 2.45) is 0 Å². The van der Waals surface area contributed by atoms with Crippen molar-refractivity contribution in [2.45, 2.75) is 25.6 Å². The lowest BCUT2D eigenvalue weighted by Gasteiger charge is -2.35. The van der Waals surface area contributed by atoms with Crippen molar-refractivity contribution >= 4 is 11.7 Å². The average Bonchev–Trinajstić information content (AvgIpc) is 2.82. The number of nitriles is 1. The molecule has 3 heterocycles. The zero-order valence-corrected chi connectivity index (χ0v) is 19.4. The molecule has 35 heavy (non-hydrogen) atoms. The molecule has 2 aromatic rings. The van der Waals surface area contributed by atoms with E-state index in [1.807, 2.05) is 6.07 Å². The van der Waals surface area contributed by atoms with Crippen LogP contribution < -0.4 is 15.2 Å². The van der Waals surface area contributed by atoms with Crippen LogP contribution in [0.3, 0.4) is 0 Å². The Morgan fingerprint density at radius 2 is 2.00 bits per heavy atom. The minimum absolute atomic E-state index is 0.0176. The van der Waals surface area contributed by atoms with Crippen LogP contribution in [0.1, 0.15) is 24.5 Å². The van der Waals surface area contributed by atoms with E-state index in [-0.39, 0.29) is 18.9 Å². The van der Waals surface area contributed by atoms with Gasteiger partial charge in [-0.15, -0.1) is 0 Å². The van der Waals surface area contributed by atoms with Gasteiger partial charge in [0.15, 0.2) is 11.3 Å². The molecule has 0 aromatic carbocycles.